The van der Waals surface area contributed by atoms with Gasteiger partial charge in [0, 0.05) is 0 Å². The SMILES string of the molecule is C#[N+]C(c1ccc(C)cc1)S(=O)(=O)c1ccccc1. The summed E-state index contributed by atoms with van der Waals surface area (Å²) < 4.78 is 25.0. The smallest absolute Gasteiger partial charge is 0.215 e. The van der Waals surface area contributed by atoms with Gasteiger partial charge in [0.05, 0.1) is 10.5 Å². The standard InChI is InChI=1S/C15H14NO2S/c1-12-8-10-13(11-9-12)15(16-2)19(17,18)14-6-4-3-5-7-14/h2-11,15H,1H3/q+1. The number of aryl methyl sites for hydroxylation is 1. The predicted molar refractivity (Wildman–Crippen MR) is 75.9 cm³/mol. The van der Waals surface area contributed by atoms with Gasteiger partial charge in [0.25, 0.3) is 16.4 Å². The van der Waals surface area contributed by atoms with E-state index in [0.717, 1.165) is 5.56 Å². The fourth-order valence-corrected chi connectivity index (χ4v) is 3.29. The maximum Gasteiger partial charge on any atom is 0.397 e. The number of nitrogens with zero attached hydrogens (tertiary/aromatic N) is 1. The molecule has 4 heteroatoms. The lowest BCUT2D eigenvalue weighted by molar-refractivity contribution is 0.590. The summed E-state index contributed by atoms with van der Waals surface area (Å²) in [5.74, 6) is 0. The molecular weight excluding hydrogens is 258 g/mol. The fraction of sp³-hybridized carbons (Fsp3) is 0.133. The van der Waals surface area contributed by atoms with Crippen LogP contribution in [-0.2, 0) is 9.84 Å². The van der Waals surface area contributed by atoms with Crippen LogP contribution in [-0.4, -0.2) is 8.42 Å². The Balaban J connectivity index is 2.49. The highest BCUT2D eigenvalue weighted by Gasteiger charge is 2.37. The molecule has 96 valence electrons. The van der Waals surface area contributed by atoms with Crippen molar-refractivity contribution in [2.45, 2.75) is 17.2 Å². The number of hydrogen-bond acceptors (Lipinski definition) is 2. The van der Waals surface area contributed by atoms with Crippen LogP contribution in [0.1, 0.15) is 16.5 Å². The third kappa shape index (κ3) is 2.67. The Morgan fingerprint density at radius 3 is 2.11 bits per heavy atom. The van der Waals surface area contributed by atoms with Crippen molar-refractivity contribution in [1.82, 2.24) is 0 Å². The van der Waals surface area contributed by atoms with Gasteiger partial charge in [-0.3, -0.25) is 0 Å². The van der Waals surface area contributed by atoms with Crippen molar-refractivity contribution in [1.29, 1.82) is 0 Å². The Labute approximate surface area is 113 Å². The molecule has 0 saturated carbocycles. The minimum absolute atomic E-state index is 0.217. The number of sulfone groups is 1. The lowest BCUT2D eigenvalue weighted by atomic mass is 10.1. The van der Waals surface area contributed by atoms with E-state index in [-0.39, 0.29) is 4.90 Å². The van der Waals surface area contributed by atoms with Crippen molar-refractivity contribution in [2.75, 3.05) is 0 Å². The van der Waals surface area contributed by atoms with E-state index in [0.29, 0.717) is 5.56 Å². The Morgan fingerprint density at radius 1 is 1.00 bits per heavy atom. The molecule has 2 aromatic carbocycles. The summed E-state index contributed by atoms with van der Waals surface area (Å²) in [6.45, 7) is 7.25. The van der Waals surface area contributed by atoms with Crippen LogP contribution in [0.2, 0.25) is 0 Å². The first kappa shape index (κ1) is 13.3. The first-order valence-corrected chi connectivity index (χ1v) is 7.36. The summed E-state index contributed by atoms with van der Waals surface area (Å²) in [6.07, 6.45) is 0. The zero-order valence-corrected chi connectivity index (χ0v) is 11.3. The molecule has 2 rings (SSSR count). The third-order valence-electron chi connectivity index (χ3n) is 2.86. The molecule has 0 amide bonds. The van der Waals surface area contributed by atoms with Gasteiger partial charge in [0.2, 0.25) is 0 Å². The van der Waals surface area contributed by atoms with Gasteiger partial charge in [-0.15, -0.1) is 0 Å². The summed E-state index contributed by atoms with van der Waals surface area (Å²) in [4.78, 5) is 3.77. The van der Waals surface area contributed by atoms with Gasteiger partial charge in [0.15, 0.2) is 0 Å². The highest BCUT2D eigenvalue weighted by atomic mass is 32.2. The molecule has 0 fully saturated rings. The molecule has 0 heterocycles. The number of rotatable bonds is 3. The van der Waals surface area contributed by atoms with Crippen molar-refractivity contribution in [3.05, 3.63) is 70.6 Å². The van der Waals surface area contributed by atoms with E-state index in [4.69, 9.17) is 6.57 Å². The molecule has 1 atom stereocenters. The Morgan fingerprint density at radius 2 is 1.58 bits per heavy atom. The van der Waals surface area contributed by atoms with Crippen molar-refractivity contribution in [3.63, 3.8) is 0 Å². The van der Waals surface area contributed by atoms with E-state index in [9.17, 15) is 8.42 Å². The van der Waals surface area contributed by atoms with Gasteiger partial charge in [-0.1, -0.05) is 40.7 Å². The van der Waals surface area contributed by atoms with Gasteiger partial charge in [-0.25, -0.2) is 8.42 Å². The van der Waals surface area contributed by atoms with Gasteiger partial charge in [0.1, 0.15) is 0 Å². The van der Waals surface area contributed by atoms with Crippen LogP contribution in [0.15, 0.2) is 59.5 Å². The molecule has 0 radical (unpaired) electrons. The topological polar surface area (TPSA) is 38.5 Å². The monoisotopic (exact) mass is 272 g/mol. The molecular formula is C15H14NO2S+. The average molecular weight is 272 g/mol. The minimum Gasteiger partial charge on any atom is -0.215 e. The van der Waals surface area contributed by atoms with Crippen LogP contribution >= 0.6 is 0 Å². The molecule has 0 aliphatic carbocycles. The summed E-state index contributed by atoms with van der Waals surface area (Å²) >= 11 is 0. The van der Waals surface area contributed by atoms with Crippen LogP contribution in [0.25, 0.3) is 4.85 Å². The zero-order chi connectivity index (χ0) is 13.9. The molecule has 0 aliphatic rings. The molecule has 0 saturated heterocycles. The van der Waals surface area contributed by atoms with Gasteiger partial charge in [-0.2, -0.15) is 0 Å². The molecule has 2 aromatic rings. The molecule has 19 heavy (non-hydrogen) atoms. The first-order valence-electron chi connectivity index (χ1n) is 5.81. The first-order chi connectivity index (χ1) is 9.05. The molecule has 0 aromatic heterocycles. The number of hydrogen-bond donors (Lipinski definition) is 0. The van der Waals surface area contributed by atoms with E-state index >= 15 is 0 Å². The van der Waals surface area contributed by atoms with Crippen molar-refractivity contribution in [2.24, 2.45) is 0 Å². The van der Waals surface area contributed by atoms with E-state index in [1.165, 1.54) is 0 Å². The summed E-state index contributed by atoms with van der Waals surface area (Å²) in [5.41, 5.74) is 1.62. The van der Waals surface area contributed by atoms with Crippen LogP contribution in [0.4, 0.5) is 0 Å². The second kappa shape index (κ2) is 5.25. The van der Waals surface area contributed by atoms with Crippen LogP contribution < -0.4 is 0 Å². The third-order valence-corrected chi connectivity index (χ3v) is 4.77. The zero-order valence-electron chi connectivity index (χ0n) is 10.5. The fourth-order valence-electron chi connectivity index (χ4n) is 1.82. The molecule has 0 aliphatic heterocycles. The Bertz CT molecular complexity index is 698. The lowest BCUT2D eigenvalue weighted by Gasteiger charge is -2.05. The van der Waals surface area contributed by atoms with E-state index in [1.807, 2.05) is 19.1 Å². The second-order valence-electron chi connectivity index (χ2n) is 4.27. The predicted octanol–water partition coefficient (Wildman–Crippen LogP) is 3.43. The van der Waals surface area contributed by atoms with Crippen molar-refractivity contribution >= 4 is 9.84 Å². The molecule has 0 N–H and O–H groups in total. The molecule has 0 spiro atoms. The molecule has 0 bridgehead atoms. The normalized spacial score (nSPS) is 12.6. The highest BCUT2D eigenvalue weighted by molar-refractivity contribution is 7.91. The Hall–Kier alpha value is -2.12. The summed E-state index contributed by atoms with van der Waals surface area (Å²) in [6, 6.07) is 15.4. The summed E-state index contributed by atoms with van der Waals surface area (Å²) in [5, 5.41) is -1.07. The van der Waals surface area contributed by atoms with Crippen molar-refractivity contribution in [3.8, 4) is 6.57 Å². The van der Waals surface area contributed by atoms with Gasteiger partial charge in [-0.05, 0) is 31.2 Å². The highest BCUT2D eigenvalue weighted by Crippen LogP contribution is 2.30. The minimum atomic E-state index is -3.61. The largest absolute Gasteiger partial charge is 0.397 e. The maximum atomic E-state index is 12.5. The van der Waals surface area contributed by atoms with Gasteiger partial charge < -0.3 is 0 Å². The van der Waals surface area contributed by atoms with E-state index in [1.54, 1.807) is 42.5 Å². The van der Waals surface area contributed by atoms with Crippen LogP contribution in [0.3, 0.4) is 0 Å². The second-order valence-corrected chi connectivity index (χ2v) is 6.28. The van der Waals surface area contributed by atoms with E-state index < -0.39 is 15.2 Å². The maximum absolute atomic E-state index is 12.5. The van der Waals surface area contributed by atoms with E-state index in [2.05, 4.69) is 4.85 Å². The molecule has 1 unspecified atom stereocenters. The van der Waals surface area contributed by atoms with Crippen LogP contribution in [0, 0.1) is 13.5 Å². The average Bonchev–Trinajstić information content (AvgIpc) is 2.42. The Kier molecular flexibility index (Phi) is 3.68. The van der Waals surface area contributed by atoms with Gasteiger partial charge >= 0.3 is 5.37 Å². The van der Waals surface area contributed by atoms with Crippen LogP contribution in [0.5, 0.6) is 0 Å². The number of benzene rings is 2. The van der Waals surface area contributed by atoms with Crippen molar-refractivity contribution < 1.29 is 8.42 Å². The lowest BCUT2D eigenvalue weighted by Crippen LogP contribution is -2.10. The quantitative estimate of drug-likeness (QED) is 0.858. The summed E-state index contributed by atoms with van der Waals surface area (Å²) in [7, 11) is -3.61. The molecule has 3 nitrogen and oxygen atoms in total.